The van der Waals surface area contributed by atoms with Gasteiger partial charge in [-0.05, 0) is 45.1 Å². The van der Waals surface area contributed by atoms with Crippen LogP contribution in [0.5, 0.6) is 0 Å². The number of carbonyl (C=O) groups is 1. The van der Waals surface area contributed by atoms with E-state index in [1.165, 1.54) is 19.3 Å². The number of nitrogens with zero attached hydrogens (tertiary/aromatic N) is 2. The van der Waals surface area contributed by atoms with Gasteiger partial charge in [0, 0.05) is 25.2 Å². The lowest BCUT2D eigenvalue weighted by Gasteiger charge is -2.39. The fourth-order valence-corrected chi connectivity index (χ4v) is 3.50. The zero-order chi connectivity index (χ0) is 13.8. The fourth-order valence-electron chi connectivity index (χ4n) is 3.50. The van der Waals surface area contributed by atoms with Crippen LogP contribution >= 0.6 is 12.4 Å². The third kappa shape index (κ3) is 4.61. The second-order valence-corrected chi connectivity index (χ2v) is 6.48. The largest absolute Gasteiger partial charge is 0.341 e. The molecule has 5 heteroatoms. The fraction of sp³-hybridized carbons (Fsp3) is 0.933. The van der Waals surface area contributed by atoms with Crippen molar-refractivity contribution in [1.82, 2.24) is 9.80 Å². The summed E-state index contributed by atoms with van der Waals surface area (Å²) in [6, 6.07) is 0.549. The zero-order valence-corrected chi connectivity index (χ0v) is 13.7. The van der Waals surface area contributed by atoms with E-state index in [4.69, 9.17) is 5.73 Å². The summed E-state index contributed by atoms with van der Waals surface area (Å²) >= 11 is 0. The predicted octanol–water partition coefficient (Wildman–Crippen LogP) is 1.87. The summed E-state index contributed by atoms with van der Waals surface area (Å²) in [7, 11) is 0. The van der Waals surface area contributed by atoms with Crippen LogP contribution in [0.3, 0.4) is 0 Å². The maximum absolute atomic E-state index is 12.4. The van der Waals surface area contributed by atoms with Gasteiger partial charge < -0.3 is 10.6 Å². The lowest BCUT2D eigenvalue weighted by molar-refractivity contribution is -0.135. The first-order valence-corrected chi connectivity index (χ1v) is 7.85. The number of likely N-dealkylation sites (tertiary alicyclic amines) is 2. The van der Waals surface area contributed by atoms with Crippen molar-refractivity contribution in [2.45, 2.75) is 58.0 Å². The van der Waals surface area contributed by atoms with Gasteiger partial charge in [0.2, 0.25) is 5.91 Å². The van der Waals surface area contributed by atoms with Gasteiger partial charge in [0.1, 0.15) is 0 Å². The van der Waals surface area contributed by atoms with Gasteiger partial charge >= 0.3 is 0 Å². The molecule has 2 aliphatic rings. The van der Waals surface area contributed by atoms with Crippen molar-refractivity contribution >= 4 is 18.3 Å². The van der Waals surface area contributed by atoms with Gasteiger partial charge in [-0.2, -0.15) is 0 Å². The maximum Gasteiger partial charge on any atom is 0.236 e. The third-order valence-corrected chi connectivity index (χ3v) is 4.62. The van der Waals surface area contributed by atoms with Crippen LogP contribution < -0.4 is 5.73 Å². The minimum atomic E-state index is 0. The van der Waals surface area contributed by atoms with E-state index in [1.54, 1.807) is 0 Å². The van der Waals surface area contributed by atoms with Crippen LogP contribution in [0.15, 0.2) is 0 Å². The van der Waals surface area contributed by atoms with Gasteiger partial charge in [0.15, 0.2) is 0 Å². The van der Waals surface area contributed by atoms with Crippen LogP contribution in [-0.4, -0.2) is 54.0 Å². The molecule has 0 saturated carbocycles. The van der Waals surface area contributed by atoms with Gasteiger partial charge in [0.25, 0.3) is 0 Å². The highest BCUT2D eigenvalue weighted by Crippen LogP contribution is 2.20. The first-order valence-electron chi connectivity index (χ1n) is 7.85. The Balaban J connectivity index is 0.00000200. The molecule has 2 saturated heterocycles. The minimum absolute atomic E-state index is 0. The highest BCUT2D eigenvalue weighted by Gasteiger charge is 2.29. The molecule has 2 heterocycles. The summed E-state index contributed by atoms with van der Waals surface area (Å²) in [5, 5.41) is 0. The summed E-state index contributed by atoms with van der Waals surface area (Å²) in [6.45, 7) is 7.79. The quantitative estimate of drug-likeness (QED) is 0.866. The molecule has 0 aromatic heterocycles. The first kappa shape index (κ1) is 17.7. The van der Waals surface area contributed by atoms with E-state index in [2.05, 4.69) is 23.6 Å². The SMILES string of the molecule is CC1CCCN(C(=O)CN2CCCCC2C(C)N)C1.Cl. The van der Waals surface area contributed by atoms with Crippen LogP contribution in [0.2, 0.25) is 0 Å². The van der Waals surface area contributed by atoms with Crippen molar-refractivity contribution in [3.63, 3.8) is 0 Å². The first-order chi connectivity index (χ1) is 9.08. The standard InChI is InChI=1S/C15H29N3O.ClH/c1-12-6-5-9-18(10-12)15(19)11-17-8-4-3-7-14(17)13(2)16;/h12-14H,3-11,16H2,1-2H3;1H. The molecule has 20 heavy (non-hydrogen) atoms. The Hall–Kier alpha value is -0.320. The molecule has 0 bridgehead atoms. The van der Waals surface area contributed by atoms with E-state index >= 15 is 0 Å². The topological polar surface area (TPSA) is 49.6 Å². The van der Waals surface area contributed by atoms with E-state index in [1.807, 2.05) is 0 Å². The van der Waals surface area contributed by atoms with Crippen LogP contribution in [0.25, 0.3) is 0 Å². The lowest BCUT2D eigenvalue weighted by Crippen LogP contribution is -2.53. The average Bonchev–Trinajstić information content (AvgIpc) is 2.39. The second-order valence-electron chi connectivity index (χ2n) is 6.48. The molecule has 3 unspecified atom stereocenters. The molecule has 4 nitrogen and oxygen atoms in total. The van der Waals surface area contributed by atoms with Crippen molar-refractivity contribution in [1.29, 1.82) is 0 Å². The second kappa shape index (κ2) is 8.20. The van der Waals surface area contributed by atoms with Gasteiger partial charge in [-0.15, -0.1) is 12.4 Å². The summed E-state index contributed by atoms with van der Waals surface area (Å²) in [4.78, 5) is 16.8. The summed E-state index contributed by atoms with van der Waals surface area (Å²) in [5.74, 6) is 0.961. The third-order valence-electron chi connectivity index (χ3n) is 4.62. The smallest absolute Gasteiger partial charge is 0.236 e. The number of rotatable bonds is 3. The van der Waals surface area contributed by atoms with E-state index in [9.17, 15) is 4.79 Å². The van der Waals surface area contributed by atoms with Crippen LogP contribution in [0.1, 0.15) is 46.0 Å². The summed E-state index contributed by atoms with van der Waals surface area (Å²) < 4.78 is 0. The Morgan fingerprint density at radius 3 is 2.65 bits per heavy atom. The molecule has 1 amide bonds. The van der Waals surface area contributed by atoms with Crippen molar-refractivity contribution in [3.8, 4) is 0 Å². The Kier molecular flexibility index (Phi) is 7.27. The molecular formula is C15H30ClN3O. The highest BCUT2D eigenvalue weighted by atomic mass is 35.5. The maximum atomic E-state index is 12.4. The summed E-state index contributed by atoms with van der Waals surface area (Å²) in [6.07, 6.45) is 6.01. The normalized spacial score (nSPS) is 29.6. The number of carbonyl (C=O) groups excluding carboxylic acids is 1. The van der Waals surface area contributed by atoms with Crippen LogP contribution in [-0.2, 0) is 4.79 Å². The Labute approximate surface area is 129 Å². The Morgan fingerprint density at radius 2 is 2.00 bits per heavy atom. The van der Waals surface area contributed by atoms with Crippen molar-refractivity contribution in [2.24, 2.45) is 11.7 Å². The van der Waals surface area contributed by atoms with Crippen LogP contribution in [0.4, 0.5) is 0 Å². The molecule has 2 N–H and O–H groups in total. The molecule has 2 aliphatic heterocycles. The van der Waals surface area contributed by atoms with Crippen molar-refractivity contribution in [3.05, 3.63) is 0 Å². The molecular weight excluding hydrogens is 274 g/mol. The van der Waals surface area contributed by atoms with Gasteiger partial charge in [-0.1, -0.05) is 13.3 Å². The van der Waals surface area contributed by atoms with Gasteiger partial charge in [-0.3, -0.25) is 9.69 Å². The van der Waals surface area contributed by atoms with E-state index < -0.39 is 0 Å². The molecule has 0 aromatic carbocycles. The summed E-state index contributed by atoms with van der Waals surface area (Å²) in [5.41, 5.74) is 6.07. The van der Waals surface area contributed by atoms with E-state index in [0.29, 0.717) is 24.4 Å². The molecule has 3 atom stereocenters. The molecule has 0 aliphatic carbocycles. The van der Waals surface area contributed by atoms with E-state index in [0.717, 1.165) is 32.5 Å². The Morgan fingerprint density at radius 1 is 1.25 bits per heavy atom. The number of amides is 1. The molecule has 0 spiro atoms. The monoisotopic (exact) mass is 303 g/mol. The molecule has 2 fully saturated rings. The average molecular weight is 304 g/mol. The van der Waals surface area contributed by atoms with Crippen molar-refractivity contribution in [2.75, 3.05) is 26.2 Å². The van der Waals surface area contributed by atoms with Crippen LogP contribution in [0, 0.1) is 5.92 Å². The molecule has 0 radical (unpaired) electrons. The molecule has 118 valence electrons. The Bertz CT molecular complexity index is 311. The molecule has 2 rings (SSSR count). The van der Waals surface area contributed by atoms with E-state index in [-0.39, 0.29) is 18.4 Å². The highest BCUT2D eigenvalue weighted by molar-refractivity contribution is 5.85. The minimum Gasteiger partial charge on any atom is -0.341 e. The molecule has 0 aromatic rings. The van der Waals surface area contributed by atoms with Gasteiger partial charge in [0.05, 0.1) is 6.54 Å². The zero-order valence-electron chi connectivity index (χ0n) is 12.9. The van der Waals surface area contributed by atoms with Gasteiger partial charge in [-0.25, -0.2) is 0 Å². The number of piperidine rings is 2. The number of halogens is 1. The number of hydrogen-bond donors (Lipinski definition) is 1. The number of nitrogens with two attached hydrogens (primary N) is 1. The number of hydrogen-bond acceptors (Lipinski definition) is 3. The van der Waals surface area contributed by atoms with Crippen molar-refractivity contribution < 1.29 is 4.79 Å². The predicted molar refractivity (Wildman–Crippen MR) is 85.1 cm³/mol. The lowest BCUT2D eigenvalue weighted by atomic mass is 9.96.